The largest absolute Gasteiger partial charge is 0.481 e. The Morgan fingerprint density at radius 1 is 1.35 bits per heavy atom. The van der Waals surface area contributed by atoms with E-state index in [4.69, 9.17) is 0 Å². The predicted molar refractivity (Wildman–Crippen MR) is 86.3 cm³/mol. The highest BCUT2D eigenvalue weighted by molar-refractivity contribution is 5.93. The minimum absolute atomic E-state index is 0.0814. The summed E-state index contributed by atoms with van der Waals surface area (Å²) in [6.07, 6.45) is 4.36. The van der Waals surface area contributed by atoms with Crippen LogP contribution in [0, 0.1) is 11.3 Å². The van der Waals surface area contributed by atoms with E-state index in [0.717, 1.165) is 29.4 Å². The number of hydrogen-bond acceptors (Lipinski definition) is 2. The first kappa shape index (κ1) is 14.1. The number of nitrogens with zero attached hydrogens (tertiary/aromatic N) is 1. The highest BCUT2D eigenvalue weighted by atomic mass is 16.4. The first-order valence-corrected chi connectivity index (χ1v) is 7.95. The zero-order chi connectivity index (χ0) is 16.0. The number of benzene rings is 1. The predicted octanol–water partition coefficient (Wildman–Crippen LogP) is 2.89. The van der Waals surface area contributed by atoms with E-state index >= 15 is 0 Å². The van der Waals surface area contributed by atoms with Crippen LogP contribution >= 0.6 is 0 Å². The molecule has 3 N–H and O–H groups in total. The van der Waals surface area contributed by atoms with Gasteiger partial charge in [-0.05, 0) is 43.0 Å². The Hall–Kier alpha value is -2.50. The molecule has 1 aromatic carbocycles. The van der Waals surface area contributed by atoms with E-state index in [9.17, 15) is 14.7 Å². The van der Waals surface area contributed by atoms with Gasteiger partial charge in [-0.1, -0.05) is 6.42 Å². The van der Waals surface area contributed by atoms with Gasteiger partial charge >= 0.3 is 12.0 Å². The Morgan fingerprint density at radius 2 is 2.22 bits per heavy atom. The molecule has 0 spiro atoms. The minimum atomic E-state index is -0.760. The number of aliphatic carboxylic acids is 1. The summed E-state index contributed by atoms with van der Waals surface area (Å²) in [7, 11) is 0. The third-order valence-corrected chi connectivity index (χ3v) is 5.39. The van der Waals surface area contributed by atoms with Crippen molar-refractivity contribution < 1.29 is 14.7 Å². The zero-order valence-corrected chi connectivity index (χ0v) is 12.7. The maximum Gasteiger partial charge on any atom is 0.321 e. The Morgan fingerprint density at radius 3 is 3.00 bits per heavy atom. The summed E-state index contributed by atoms with van der Waals surface area (Å²) in [5.74, 6) is -0.679. The lowest BCUT2D eigenvalue weighted by atomic mass is 9.81. The van der Waals surface area contributed by atoms with E-state index in [2.05, 4.69) is 10.3 Å². The fourth-order valence-corrected chi connectivity index (χ4v) is 4.13. The minimum Gasteiger partial charge on any atom is -0.481 e. The van der Waals surface area contributed by atoms with Crippen molar-refractivity contribution in [2.24, 2.45) is 11.3 Å². The Bertz CT molecular complexity index is 784. The monoisotopic (exact) mass is 313 g/mol. The van der Waals surface area contributed by atoms with Crippen LogP contribution in [0.5, 0.6) is 0 Å². The number of rotatable bonds is 2. The van der Waals surface area contributed by atoms with Crippen LogP contribution in [-0.4, -0.2) is 40.1 Å². The highest BCUT2D eigenvalue weighted by Crippen LogP contribution is 2.48. The standard InChI is InChI=1S/C17H19N3O3/c21-15(22)17-6-1-2-12(17)9-20(10-17)16(23)19-13-3-4-14-11(8-13)5-7-18-14/h3-5,7-8,12,18H,1-2,6,9-10H2,(H,19,23)(H,21,22)/t12-,17+/m0/s1. The van der Waals surface area contributed by atoms with E-state index in [1.165, 1.54) is 0 Å². The second kappa shape index (κ2) is 5.01. The number of H-pyrrole nitrogens is 1. The van der Waals surface area contributed by atoms with Crippen molar-refractivity contribution in [3.05, 3.63) is 30.5 Å². The van der Waals surface area contributed by atoms with Crippen LogP contribution < -0.4 is 5.32 Å². The summed E-state index contributed by atoms with van der Waals surface area (Å²) in [5.41, 5.74) is 1.01. The summed E-state index contributed by atoms with van der Waals surface area (Å²) in [4.78, 5) is 28.9. The Labute approximate surface area is 133 Å². The molecule has 4 rings (SSSR count). The third-order valence-electron chi connectivity index (χ3n) is 5.39. The number of aromatic amines is 1. The molecule has 1 saturated heterocycles. The molecule has 2 aromatic rings. The lowest BCUT2D eigenvalue weighted by molar-refractivity contribution is -0.149. The molecule has 2 amide bonds. The molecule has 0 unspecified atom stereocenters. The van der Waals surface area contributed by atoms with Crippen molar-refractivity contribution in [2.45, 2.75) is 19.3 Å². The van der Waals surface area contributed by atoms with Crippen molar-refractivity contribution in [3.8, 4) is 0 Å². The number of fused-ring (bicyclic) bond motifs is 2. The molecule has 0 radical (unpaired) electrons. The average Bonchev–Trinajstić information content (AvgIpc) is 3.20. The third kappa shape index (κ3) is 2.17. The number of aromatic nitrogens is 1. The molecule has 2 atom stereocenters. The molecule has 2 heterocycles. The van der Waals surface area contributed by atoms with Crippen LogP contribution in [0.25, 0.3) is 10.9 Å². The molecule has 2 fully saturated rings. The van der Waals surface area contributed by atoms with E-state index in [-0.39, 0.29) is 11.9 Å². The number of amides is 2. The molecular formula is C17H19N3O3. The number of carboxylic acids is 1. The highest BCUT2D eigenvalue weighted by Gasteiger charge is 2.55. The SMILES string of the molecule is O=C(Nc1ccc2[nH]ccc2c1)N1C[C@@H]2CCC[C@@]2(C(=O)O)C1. The van der Waals surface area contributed by atoms with E-state index in [1.807, 2.05) is 30.5 Å². The first-order chi connectivity index (χ1) is 11.1. The van der Waals surface area contributed by atoms with Gasteiger partial charge in [0.1, 0.15) is 0 Å². The summed E-state index contributed by atoms with van der Waals surface area (Å²) < 4.78 is 0. The van der Waals surface area contributed by atoms with Gasteiger partial charge in [-0.15, -0.1) is 0 Å². The molecule has 2 aliphatic rings. The van der Waals surface area contributed by atoms with E-state index < -0.39 is 11.4 Å². The number of likely N-dealkylation sites (tertiary alicyclic amines) is 1. The second-order valence-corrected chi connectivity index (χ2v) is 6.64. The number of carbonyl (C=O) groups is 2. The summed E-state index contributed by atoms with van der Waals surface area (Å²) in [5, 5.41) is 13.5. The van der Waals surface area contributed by atoms with E-state index in [1.54, 1.807) is 4.90 Å². The maximum atomic E-state index is 12.5. The molecule has 6 heteroatoms. The number of anilines is 1. The van der Waals surface area contributed by atoms with Gasteiger partial charge in [-0.3, -0.25) is 4.79 Å². The van der Waals surface area contributed by atoms with Crippen LogP contribution in [0.15, 0.2) is 30.5 Å². The van der Waals surface area contributed by atoms with Crippen molar-refractivity contribution in [1.29, 1.82) is 0 Å². The fraction of sp³-hybridized carbons (Fsp3) is 0.412. The van der Waals surface area contributed by atoms with Crippen LogP contribution in [0.3, 0.4) is 0 Å². The smallest absolute Gasteiger partial charge is 0.321 e. The number of urea groups is 1. The fourth-order valence-electron chi connectivity index (χ4n) is 4.13. The van der Waals surface area contributed by atoms with Crippen molar-refractivity contribution in [2.75, 3.05) is 18.4 Å². The lowest BCUT2D eigenvalue weighted by Gasteiger charge is -2.23. The summed E-state index contributed by atoms with van der Waals surface area (Å²) in [6, 6.07) is 7.41. The van der Waals surface area contributed by atoms with Gasteiger partial charge in [0.25, 0.3) is 0 Å². The number of hydrogen-bond donors (Lipinski definition) is 3. The molecule has 23 heavy (non-hydrogen) atoms. The van der Waals surface area contributed by atoms with Crippen molar-refractivity contribution in [3.63, 3.8) is 0 Å². The number of nitrogens with one attached hydrogen (secondary N) is 2. The van der Waals surface area contributed by atoms with Gasteiger partial charge in [0.15, 0.2) is 0 Å². The van der Waals surface area contributed by atoms with Gasteiger partial charge in [-0.2, -0.15) is 0 Å². The van der Waals surface area contributed by atoms with Gasteiger partial charge < -0.3 is 20.3 Å². The zero-order valence-electron chi connectivity index (χ0n) is 12.7. The first-order valence-electron chi connectivity index (χ1n) is 7.95. The van der Waals surface area contributed by atoms with E-state index in [0.29, 0.717) is 19.5 Å². The Kier molecular flexibility index (Phi) is 3.07. The molecule has 120 valence electrons. The summed E-state index contributed by atoms with van der Waals surface area (Å²) >= 11 is 0. The molecular weight excluding hydrogens is 294 g/mol. The molecule has 0 bridgehead atoms. The van der Waals surface area contributed by atoms with Crippen LogP contribution in [0.4, 0.5) is 10.5 Å². The van der Waals surface area contributed by atoms with Crippen LogP contribution in [0.2, 0.25) is 0 Å². The average molecular weight is 313 g/mol. The van der Waals surface area contributed by atoms with Gasteiger partial charge in [0.05, 0.1) is 5.41 Å². The molecule has 1 aliphatic heterocycles. The maximum absolute atomic E-state index is 12.5. The van der Waals surface area contributed by atoms with Crippen LogP contribution in [0.1, 0.15) is 19.3 Å². The number of carbonyl (C=O) groups excluding carboxylic acids is 1. The van der Waals surface area contributed by atoms with Crippen LogP contribution in [-0.2, 0) is 4.79 Å². The number of carboxylic acid groups (broad SMARTS) is 1. The summed E-state index contributed by atoms with van der Waals surface area (Å²) in [6.45, 7) is 0.843. The molecule has 6 nitrogen and oxygen atoms in total. The topological polar surface area (TPSA) is 85.4 Å². The quantitative estimate of drug-likeness (QED) is 0.797. The second-order valence-electron chi connectivity index (χ2n) is 6.64. The van der Waals surface area contributed by atoms with Gasteiger partial charge in [-0.25, -0.2) is 4.79 Å². The normalized spacial score (nSPS) is 26.4. The Balaban J connectivity index is 1.50. The molecule has 1 saturated carbocycles. The van der Waals surface area contributed by atoms with Gasteiger partial charge in [0, 0.05) is 35.9 Å². The lowest BCUT2D eigenvalue weighted by Crippen LogP contribution is -2.38. The molecule has 1 aliphatic carbocycles. The van der Waals surface area contributed by atoms with Crippen molar-refractivity contribution in [1.82, 2.24) is 9.88 Å². The van der Waals surface area contributed by atoms with Crippen molar-refractivity contribution >= 4 is 28.6 Å². The molecule has 1 aromatic heterocycles. The van der Waals surface area contributed by atoms with Gasteiger partial charge in [0.2, 0.25) is 0 Å².